The van der Waals surface area contributed by atoms with Gasteiger partial charge in [0.25, 0.3) is 0 Å². The fourth-order valence-electron chi connectivity index (χ4n) is 3.06. The number of rotatable bonds is 8. The molecule has 29 heavy (non-hydrogen) atoms. The lowest BCUT2D eigenvalue weighted by atomic mass is 9.78. The lowest BCUT2D eigenvalue weighted by Crippen LogP contribution is -2.19. The predicted molar refractivity (Wildman–Crippen MR) is 119 cm³/mol. The summed E-state index contributed by atoms with van der Waals surface area (Å²) < 4.78 is 10.9. The van der Waals surface area contributed by atoms with E-state index in [0.717, 1.165) is 28.8 Å². The predicted octanol–water partition coefficient (Wildman–Crippen LogP) is 6.44. The third-order valence-electron chi connectivity index (χ3n) is 4.91. The SMILES string of the molecule is CC(C)(c1ccc(-c2cc(CN)on2)cc1)c1cc(Cl)c(OCCCCl)c(Cl)c1. The lowest BCUT2D eigenvalue weighted by molar-refractivity contribution is 0.318. The van der Waals surface area contributed by atoms with Crippen molar-refractivity contribution >= 4 is 34.8 Å². The molecule has 0 bridgehead atoms. The molecular weight excluding hydrogens is 431 g/mol. The normalized spacial score (nSPS) is 11.7. The molecule has 0 radical (unpaired) electrons. The van der Waals surface area contributed by atoms with E-state index >= 15 is 0 Å². The van der Waals surface area contributed by atoms with Crippen molar-refractivity contribution in [3.05, 3.63) is 69.4 Å². The summed E-state index contributed by atoms with van der Waals surface area (Å²) in [6, 6.07) is 13.8. The zero-order valence-corrected chi connectivity index (χ0v) is 18.6. The second-order valence-electron chi connectivity index (χ2n) is 7.24. The fourth-order valence-corrected chi connectivity index (χ4v) is 3.76. The number of hydrogen-bond donors (Lipinski definition) is 1. The van der Waals surface area contributed by atoms with E-state index in [9.17, 15) is 0 Å². The molecule has 0 unspecified atom stereocenters. The molecule has 2 aromatic carbocycles. The molecule has 2 N–H and O–H groups in total. The van der Waals surface area contributed by atoms with Gasteiger partial charge >= 0.3 is 0 Å². The Labute approximate surface area is 185 Å². The minimum absolute atomic E-state index is 0.313. The van der Waals surface area contributed by atoms with Crippen molar-refractivity contribution in [2.24, 2.45) is 5.73 Å². The molecule has 0 spiro atoms. The van der Waals surface area contributed by atoms with E-state index < -0.39 is 0 Å². The van der Waals surface area contributed by atoms with Crippen LogP contribution >= 0.6 is 34.8 Å². The smallest absolute Gasteiger partial charge is 0.156 e. The van der Waals surface area contributed by atoms with Crippen LogP contribution in [0, 0.1) is 0 Å². The molecule has 1 aromatic heterocycles. The van der Waals surface area contributed by atoms with Crippen LogP contribution in [0.1, 0.15) is 37.2 Å². The molecule has 0 aliphatic carbocycles. The Bertz CT molecular complexity index is 945. The largest absolute Gasteiger partial charge is 0.490 e. The van der Waals surface area contributed by atoms with Crippen LogP contribution in [0.3, 0.4) is 0 Å². The van der Waals surface area contributed by atoms with Crippen molar-refractivity contribution in [3.63, 3.8) is 0 Å². The first-order chi connectivity index (χ1) is 13.9. The first-order valence-electron chi connectivity index (χ1n) is 9.31. The van der Waals surface area contributed by atoms with Gasteiger partial charge in [0.1, 0.15) is 5.69 Å². The molecule has 3 aromatic rings. The molecule has 0 aliphatic heterocycles. The maximum absolute atomic E-state index is 6.46. The molecule has 0 saturated heterocycles. The van der Waals surface area contributed by atoms with Crippen LogP contribution in [0.4, 0.5) is 0 Å². The molecular formula is C22H23Cl3N2O2. The number of nitrogens with zero attached hydrogens (tertiary/aromatic N) is 1. The summed E-state index contributed by atoms with van der Waals surface area (Å²) in [7, 11) is 0. The minimum Gasteiger partial charge on any atom is -0.490 e. The second kappa shape index (κ2) is 9.40. The first kappa shape index (κ1) is 22.0. The average molecular weight is 454 g/mol. The quantitative estimate of drug-likeness (QED) is 0.315. The van der Waals surface area contributed by atoms with Crippen molar-refractivity contribution in [1.82, 2.24) is 5.16 Å². The molecule has 0 aliphatic rings. The van der Waals surface area contributed by atoms with Crippen LogP contribution in [0.2, 0.25) is 10.0 Å². The van der Waals surface area contributed by atoms with Gasteiger partial charge in [-0.1, -0.05) is 66.5 Å². The molecule has 0 atom stereocenters. The van der Waals surface area contributed by atoms with Crippen LogP contribution in [0.25, 0.3) is 11.3 Å². The van der Waals surface area contributed by atoms with Gasteiger partial charge in [-0.15, -0.1) is 11.6 Å². The van der Waals surface area contributed by atoms with Gasteiger partial charge in [0.05, 0.1) is 23.2 Å². The highest BCUT2D eigenvalue weighted by Crippen LogP contribution is 2.40. The fraction of sp³-hybridized carbons (Fsp3) is 0.318. The van der Waals surface area contributed by atoms with Crippen LogP contribution in [0.15, 0.2) is 47.0 Å². The van der Waals surface area contributed by atoms with Gasteiger partial charge in [0.2, 0.25) is 0 Å². The van der Waals surface area contributed by atoms with Crippen molar-refractivity contribution in [2.45, 2.75) is 32.2 Å². The van der Waals surface area contributed by atoms with Gasteiger partial charge in [0, 0.05) is 22.9 Å². The van der Waals surface area contributed by atoms with E-state index in [0.29, 0.717) is 40.6 Å². The van der Waals surface area contributed by atoms with Gasteiger partial charge in [-0.2, -0.15) is 0 Å². The van der Waals surface area contributed by atoms with Gasteiger partial charge in [0.15, 0.2) is 11.5 Å². The molecule has 3 rings (SSSR count). The summed E-state index contributed by atoms with van der Waals surface area (Å²) in [4.78, 5) is 0. The molecule has 7 heteroatoms. The van der Waals surface area contributed by atoms with Gasteiger partial charge in [-0.25, -0.2) is 0 Å². The number of hydrogen-bond acceptors (Lipinski definition) is 4. The second-order valence-corrected chi connectivity index (χ2v) is 8.44. The molecule has 154 valence electrons. The van der Waals surface area contributed by atoms with Crippen LogP contribution < -0.4 is 10.5 Å². The average Bonchev–Trinajstić information content (AvgIpc) is 3.19. The summed E-state index contributed by atoms with van der Waals surface area (Å²) in [5.74, 6) is 1.68. The molecule has 4 nitrogen and oxygen atoms in total. The molecule has 1 heterocycles. The topological polar surface area (TPSA) is 61.3 Å². The summed E-state index contributed by atoms with van der Waals surface area (Å²) in [5, 5.41) is 5.04. The number of benzene rings is 2. The van der Waals surface area contributed by atoms with Gasteiger partial charge in [-0.3, -0.25) is 0 Å². The maximum Gasteiger partial charge on any atom is 0.156 e. The van der Waals surface area contributed by atoms with Crippen molar-refractivity contribution in [1.29, 1.82) is 0 Å². The number of nitrogens with two attached hydrogens (primary N) is 1. The highest BCUT2D eigenvalue weighted by molar-refractivity contribution is 6.37. The third kappa shape index (κ3) is 4.89. The van der Waals surface area contributed by atoms with E-state index in [1.807, 2.05) is 30.3 Å². The summed E-state index contributed by atoms with van der Waals surface area (Å²) >= 11 is 18.6. The Morgan fingerprint density at radius 3 is 2.24 bits per heavy atom. The van der Waals surface area contributed by atoms with E-state index in [1.54, 1.807) is 0 Å². The Balaban J connectivity index is 1.86. The number of ether oxygens (including phenoxy) is 1. The van der Waals surface area contributed by atoms with E-state index in [1.165, 1.54) is 0 Å². The number of halogens is 3. The number of aromatic nitrogens is 1. The third-order valence-corrected chi connectivity index (χ3v) is 5.74. The summed E-state index contributed by atoms with van der Waals surface area (Å²) in [5.41, 5.74) is 9.12. The zero-order valence-electron chi connectivity index (χ0n) is 16.3. The summed E-state index contributed by atoms with van der Waals surface area (Å²) in [6.07, 6.45) is 0.728. The Morgan fingerprint density at radius 1 is 1.03 bits per heavy atom. The highest BCUT2D eigenvalue weighted by atomic mass is 35.5. The Hall–Kier alpha value is -1.72. The standard InChI is InChI=1S/C22H23Cl3N2O2/c1-22(2,16-10-18(24)21(19(25)11-16)28-9-3-8-23)15-6-4-14(5-7-15)20-12-17(13-26)29-27-20/h4-7,10-12H,3,8-9,13,26H2,1-2H3. The molecule has 0 fully saturated rings. The van der Waals surface area contributed by atoms with E-state index in [4.69, 9.17) is 49.8 Å². The lowest BCUT2D eigenvalue weighted by Gasteiger charge is -2.27. The van der Waals surface area contributed by atoms with Gasteiger partial charge in [-0.05, 0) is 29.7 Å². The minimum atomic E-state index is -0.313. The number of alkyl halides is 1. The Kier molecular flexibility index (Phi) is 7.12. The van der Waals surface area contributed by atoms with Crippen LogP contribution in [0.5, 0.6) is 5.75 Å². The first-order valence-corrected chi connectivity index (χ1v) is 10.6. The van der Waals surface area contributed by atoms with Crippen LogP contribution in [-0.4, -0.2) is 17.6 Å². The van der Waals surface area contributed by atoms with Crippen molar-refractivity contribution in [2.75, 3.05) is 12.5 Å². The Morgan fingerprint density at radius 2 is 1.69 bits per heavy atom. The monoisotopic (exact) mass is 452 g/mol. The summed E-state index contributed by atoms with van der Waals surface area (Å²) in [6.45, 7) is 5.05. The zero-order chi connectivity index (χ0) is 21.0. The van der Waals surface area contributed by atoms with Crippen LogP contribution in [-0.2, 0) is 12.0 Å². The van der Waals surface area contributed by atoms with E-state index in [2.05, 4.69) is 31.1 Å². The maximum atomic E-state index is 6.46. The van der Waals surface area contributed by atoms with Crippen molar-refractivity contribution < 1.29 is 9.26 Å². The molecule has 0 saturated carbocycles. The van der Waals surface area contributed by atoms with E-state index in [-0.39, 0.29) is 5.41 Å². The van der Waals surface area contributed by atoms with Crippen molar-refractivity contribution in [3.8, 4) is 17.0 Å². The highest BCUT2D eigenvalue weighted by Gasteiger charge is 2.25. The van der Waals surface area contributed by atoms with Gasteiger partial charge < -0.3 is 15.0 Å². The molecule has 0 amide bonds.